The summed E-state index contributed by atoms with van der Waals surface area (Å²) in [5.74, 6) is 0. The molecule has 1 aromatic heterocycles. The van der Waals surface area contributed by atoms with Gasteiger partial charge in [0, 0.05) is 11.6 Å². The average Bonchev–Trinajstić information content (AvgIpc) is 2.76. The Kier molecular flexibility index (Phi) is 4.41. The molecule has 0 aliphatic carbocycles. The van der Waals surface area contributed by atoms with Crippen LogP contribution >= 0.6 is 11.3 Å². The SMILES string of the molecule is O=S(=O)(O)c1ccccc1.c1cscn1. The van der Waals surface area contributed by atoms with Crippen LogP contribution in [0.4, 0.5) is 0 Å². The van der Waals surface area contributed by atoms with Gasteiger partial charge in [-0.05, 0) is 12.1 Å². The van der Waals surface area contributed by atoms with Gasteiger partial charge in [0.2, 0.25) is 0 Å². The van der Waals surface area contributed by atoms with E-state index in [1.165, 1.54) is 12.1 Å². The predicted molar refractivity (Wildman–Crippen MR) is 58.4 cm³/mol. The highest BCUT2D eigenvalue weighted by Gasteiger charge is 2.05. The highest BCUT2D eigenvalue weighted by atomic mass is 32.2. The van der Waals surface area contributed by atoms with Crippen molar-refractivity contribution in [3.63, 3.8) is 0 Å². The minimum Gasteiger partial charge on any atom is -0.282 e. The first kappa shape index (κ1) is 11.8. The molecule has 0 amide bonds. The van der Waals surface area contributed by atoms with Crippen LogP contribution in [0.5, 0.6) is 0 Å². The van der Waals surface area contributed by atoms with Crippen LogP contribution < -0.4 is 0 Å². The molecule has 0 bridgehead atoms. The monoisotopic (exact) mass is 243 g/mol. The number of rotatable bonds is 1. The van der Waals surface area contributed by atoms with E-state index in [1.807, 2.05) is 5.38 Å². The summed E-state index contributed by atoms with van der Waals surface area (Å²) in [4.78, 5) is 3.67. The zero-order chi connectivity index (χ0) is 11.1. The van der Waals surface area contributed by atoms with Crippen LogP contribution in [0.25, 0.3) is 0 Å². The average molecular weight is 243 g/mol. The summed E-state index contributed by atoms with van der Waals surface area (Å²) >= 11 is 1.60. The molecule has 2 aromatic rings. The van der Waals surface area contributed by atoms with E-state index in [1.54, 1.807) is 41.2 Å². The Balaban J connectivity index is 0.000000187. The first-order chi connectivity index (χ1) is 7.11. The van der Waals surface area contributed by atoms with Gasteiger partial charge >= 0.3 is 0 Å². The summed E-state index contributed by atoms with van der Waals surface area (Å²) in [6, 6.07) is 7.42. The van der Waals surface area contributed by atoms with Crippen LogP contribution in [0.2, 0.25) is 0 Å². The Morgan fingerprint density at radius 2 is 1.87 bits per heavy atom. The largest absolute Gasteiger partial charge is 0.294 e. The van der Waals surface area contributed by atoms with Crippen molar-refractivity contribution in [1.29, 1.82) is 0 Å². The van der Waals surface area contributed by atoms with Gasteiger partial charge < -0.3 is 0 Å². The van der Waals surface area contributed by atoms with Gasteiger partial charge in [0.1, 0.15) is 0 Å². The highest BCUT2D eigenvalue weighted by Crippen LogP contribution is 2.05. The third-order valence-electron chi connectivity index (χ3n) is 1.39. The Morgan fingerprint density at radius 3 is 2.13 bits per heavy atom. The zero-order valence-electron chi connectivity index (χ0n) is 7.65. The van der Waals surface area contributed by atoms with Crippen molar-refractivity contribution >= 4 is 21.5 Å². The molecule has 2 rings (SSSR count). The molecule has 6 heteroatoms. The number of benzene rings is 1. The molecule has 0 aliphatic heterocycles. The van der Waals surface area contributed by atoms with Gasteiger partial charge in [-0.25, -0.2) is 0 Å². The maximum Gasteiger partial charge on any atom is 0.294 e. The van der Waals surface area contributed by atoms with E-state index in [0.29, 0.717) is 0 Å². The van der Waals surface area contributed by atoms with E-state index < -0.39 is 10.1 Å². The third kappa shape index (κ3) is 4.68. The van der Waals surface area contributed by atoms with Crippen molar-refractivity contribution in [2.75, 3.05) is 0 Å². The highest BCUT2D eigenvalue weighted by molar-refractivity contribution is 7.85. The summed E-state index contributed by atoms with van der Waals surface area (Å²) in [5, 5.41) is 1.93. The lowest BCUT2D eigenvalue weighted by Gasteiger charge is -1.92. The molecule has 1 aromatic carbocycles. The van der Waals surface area contributed by atoms with Gasteiger partial charge in [0.05, 0.1) is 10.4 Å². The van der Waals surface area contributed by atoms with Crippen molar-refractivity contribution in [3.8, 4) is 0 Å². The summed E-state index contributed by atoms with van der Waals surface area (Å²) in [7, 11) is -4.00. The molecule has 0 saturated carbocycles. The van der Waals surface area contributed by atoms with Crippen LogP contribution in [0.3, 0.4) is 0 Å². The van der Waals surface area contributed by atoms with Crippen LogP contribution in [-0.2, 0) is 10.1 Å². The van der Waals surface area contributed by atoms with Crippen LogP contribution in [0.1, 0.15) is 0 Å². The van der Waals surface area contributed by atoms with Gasteiger partial charge in [0.15, 0.2) is 0 Å². The van der Waals surface area contributed by atoms with Gasteiger partial charge in [-0.2, -0.15) is 8.42 Å². The number of nitrogens with zero attached hydrogens (tertiary/aromatic N) is 1. The molecule has 0 saturated heterocycles. The zero-order valence-corrected chi connectivity index (χ0v) is 9.28. The Bertz CT molecular complexity index is 448. The standard InChI is InChI=1S/C6H6O3S.C3H3NS/c7-10(8,9)6-4-2-1-3-5-6;1-2-5-3-4-1/h1-5H,(H,7,8,9);1-3H. The Labute approximate surface area is 92.0 Å². The molecule has 1 N–H and O–H groups in total. The summed E-state index contributed by atoms with van der Waals surface area (Å²) in [5.41, 5.74) is 1.79. The molecule has 0 aliphatic rings. The van der Waals surface area contributed by atoms with Crippen LogP contribution in [0, 0.1) is 0 Å². The molecule has 4 nitrogen and oxygen atoms in total. The third-order valence-corrected chi connectivity index (χ3v) is 2.78. The van der Waals surface area contributed by atoms with Crippen molar-refractivity contribution in [1.82, 2.24) is 4.98 Å². The molecule has 15 heavy (non-hydrogen) atoms. The number of aromatic nitrogens is 1. The first-order valence-electron chi connectivity index (χ1n) is 3.95. The van der Waals surface area contributed by atoms with Crippen molar-refractivity contribution in [2.45, 2.75) is 4.90 Å². The van der Waals surface area contributed by atoms with Crippen LogP contribution in [0.15, 0.2) is 52.3 Å². The van der Waals surface area contributed by atoms with E-state index in [0.717, 1.165) is 0 Å². The van der Waals surface area contributed by atoms with Gasteiger partial charge in [-0.1, -0.05) is 18.2 Å². The fraction of sp³-hybridized carbons (Fsp3) is 0. The molecular weight excluding hydrogens is 234 g/mol. The maximum absolute atomic E-state index is 10.4. The van der Waals surface area contributed by atoms with Crippen molar-refractivity contribution < 1.29 is 13.0 Å². The normalized spacial score (nSPS) is 10.2. The second-order valence-electron chi connectivity index (χ2n) is 2.46. The second kappa shape index (κ2) is 5.59. The summed E-state index contributed by atoms with van der Waals surface area (Å²) in [6.45, 7) is 0. The fourth-order valence-corrected chi connectivity index (χ4v) is 1.62. The molecule has 80 valence electrons. The van der Waals surface area contributed by atoms with E-state index in [-0.39, 0.29) is 4.90 Å². The Hall–Kier alpha value is -1.24. The first-order valence-corrected chi connectivity index (χ1v) is 6.33. The number of thiazole rings is 1. The van der Waals surface area contributed by atoms with Gasteiger partial charge in [-0.15, -0.1) is 11.3 Å². The smallest absolute Gasteiger partial charge is 0.282 e. The minimum atomic E-state index is -4.00. The summed E-state index contributed by atoms with van der Waals surface area (Å²) in [6.07, 6.45) is 1.77. The second-order valence-corrected chi connectivity index (χ2v) is 4.64. The van der Waals surface area contributed by atoms with Gasteiger partial charge in [-0.3, -0.25) is 9.54 Å². The maximum atomic E-state index is 10.4. The van der Waals surface area contributed by atoms with E-state index in [9.17, 15) is 8.42 Å². The molecule has 1 heterocycles. The van der Waals surface area contributed by atoms with E-state index >= 15 is 0 Å². The number of hydrogen-bond donors (Lipinski definition) is 1. The molecule has 0 atom stereocenters. The van der Waals surface area contributed by atoms with E-state index in [2.05, 4.69) is 4.98 Å². The lowest BCUT2D eigenvalue weighted by Crippen LogP contribution is -1.96. The van der Waals surface area contributed by atoms with Crippen LogP contribution in [-0.4, -0.2) is 18.0 Å². The van der Waals surface area contributed by atoms with Crippen molar-refractivity contribution in [2.24, 2.45) is 0 Å². The number of hydrogen-bond acceptors (Lipinski definition) is 4. The lowest BCUT2D eigenvalue weighted by atomic mass is 10.4. The fourth-order valence-electron chi connectivity index (χ4n) is 0.768. The van der Waals surface area contributed by atoms with Gasteiger partial charge in [0.25, 0.3) is 10.1 Å². The molecule has 0 spiro atoms. The molecular formula is C9H9NO3S2. The Morgan fingerprint density at radius 1 is 1.20 bits per heavy atom. The van der Waals surface area contributed by atoms with Crippen molar-refractivity contribution in [3.05, 3.63) is 47.4 Å². The minimum absolute atomic E-state index is 0.0741. The quantitative estimate of drug-likeness (QED) is 0.779. The van der Waals surface area contributed by atoms with E-state index in [4.69, 9.17) is 4.55 Å². The molecule has 0 fully saturated rings. The molecule has 0 unspecified atom stereocenters. The lowest BCUT2D eigenvalue weighted by molar-refractivity contribution is 0.483. The summed E-state index contributed by atoms with van der Waals surface area (Å²) < 4.78 is 29.2. The predicted octanol–water partition coefficient (Wildman–Crippen LogP) is 2.08. The molecule has 0 radical (unpaired) electrons. The topological polar surface area (TPSA) is 67.3 Å².